The van der Waals surface area contributed by atoms with E-state index in [0.717, 1.165) is 50.5 Å². The maximum atomic E-state index is 11.6. The lowest BCUT2D eigenvalue weighted by molar-refractivity contribution is -0.137. The number of anilines is 4. The van der Waals surface area contributed by atoms with Crippen LogP contribution in [0.5, 0.6) is 11.5 Å². The zero-order valence-corrected chi connectivity index (χ0v) is 31.9. The molecule has 0 aromatic carbocycles. The van der Waals surface area contributed by atoms with Crippen LogP contribution in [0.15, 0.2) is 17.0 Å². The molecule has 17 heteroatoms. The summed E-state index contributed by atoms with van der Waals surface area (Å²) >= 11 is 10.1. The average Bonchev–Trinajstić information content (AvgIpc) is 3.59. The molecule has 0 fully saturated rings. The number of aromatic nitrogens is 6. The Morgan fingerprint density at radius 3 is 2.15 bits per heavy atom. The summed E-state index contributed by atoms with van der Waals surface area (Å²) in [5, 5.41) is 9.86. The van der Waals surface area contributed by atoms with Crippen LogP contribution in [0.3, 0.4) is 0 Å². The first-order valence-electron chi connectivity index (χ1n) is 16.7. The SMILES string of the molecule is COc1c(C)cnc(CN2CC(CCC#[N+]COc3c(C)cnc(CN4CC(CC(=O)O)c5c(Br)nc(N)nc54)c3C)c3c(Cl)nc(N)nc32)c1C. The first kappa shape index (κ1) is 36.8. The third kappa shape index (κ3) is 7.47. The van der Waals surface area contributed by atoms with Gasteiger partial charge in [-0.1, -0.05) is 11.6 Å². The van der Waals surface area contributed by atoms with Crippen LogP contribution in [0.2, 0.25) is 5.15 Å². The van der Waals surface area contributed by atoms with Crippen molar-refractivity contribution in [1.82, 2.24) is 29.9 Å². The lowest BCUT2D eigenvalue weighted by Crippen LogP contribution is -2.24. The predicted molar refractivity (Wildman–Crippen MR) is 201 cm³/mol. The third-order valence-electron chi connectivity index (χ3n) is 9.48. The van der Waals surface area contributed by atoms with Crippen LogP contribution in [-0.4, -0.2) is 67.9 Å². The van der Waals surface area contributed by atoms with Crippen LogP contribution in [0, 0.1) is 33.8 Å². The van der Waals surface area contributed by atoms with Crippen molar-refractivity contribution in [3.05, 3.63) is 71.8 Å². The Bertz CT molecular complexity index is 2110. The van der Waals surface area contributed by atoms with Crippen molar-refractivity contribution >= 4 is 57.0 Å². The molecule has 4 aromatic heterocycles. The molecule has 2 aliphatic rings. The molecule has 0 bridgehead atoms. The van der Waals surface area contributed by atoms with E-state index in [2.05, 4.69) is 61.6 Å². The number of pyridine rings is 2. The number of hydrogen-bond donors (Lipinski definition) is 3. The molecule has 15 nitrogen and oxygen atoms in total. The molecule has 272 valence electrons. The molecule has 0 saturated carbocycles. The van der Waals surface area contributed by atoms with Crippen LogP contribution in [0.1, 0.15) is 75.9 Å². The van der Waals surface area contributed by atoms with Crippen molar-refractivity contribution in [2.24, 2.45) is 0 Å². The van der Waals surface area contributed by atoms with Gasteiger partial charge in [-0.25, -0.2) is 9.97 Å². The molecule has 4 aromatic rings. The van der Waals surface area contributed by atoms with Gasteiger partial charge >= 0.3 is 12.7 Å². The molecule has 5 N–H and O–H groups in total. The lowest BCUT2D eigenvalue weighted by Gasteiger charge is -2.21. The lowest BCUT2D eigenvalue weighted by atomic mass is 9.99. The number of carboxylic acids is 1. The maximum absolute atomic E-state index is 11.6. The number of nitrogen functional groups attached to an aromatic ring is 2. The predicted octanol–water partition coefficient (Wildman–Crippen LogP) is 5.71. The van der Waals surface area contributed by atoms with Gasteiger partial charge in [0.1, 0.15) is 32.9 Å². The number of carboxylic acid groups (broad SMARTS) is 1. The quantitative estimate of drug-likeness (QED) is 0.156. The minimum Gasteiger partial charge on any atom is -0.496 e. The van der Waals surface area contributed by atoms with E-state index in [-0.39, 0.29) is 36.9 Å². The number of nitrogens with two attached hydrogens (primary N) is 2. The number of methoxy groups -OCH3 is 1. The summed E-state index contributed by atoms with van der Waals surface area (Å²) in [7, 11) is 1.66. The zero-order valence-electron chi connectivity index (χ0n) is 29.6. The van der Waals surface area contributed by atoms with E-state index < -0.39 is 5.97 Å². The summed E-state index contributed by atoms with van der Waals surface area (Å²) in [6, 6.07) is 3.14. The second-order valence-electron chi connectivity index (χ2n) is 13.0. The monoisotopic (exact) mass is 792 g/mol. The second kappa shape index (κ2) is 15.3. The van der Waals surface area contributed by atoms with Gasteiger partial charge in [-0.2, -0.15) is 9.97 Å². The highest BCUT2D eigenvalue weighted by Crippen LogP contribution is 2.43. The standard InChI is InChI=1S/C35H39BrClN11O4/c1-17-10-41-23(19(3)28(17)51-5)14-47-12-21(27-31(37)44-35(39)46-33(27)47)7-6-8-40-16-52-29-18(2)11-42-24(20(29)4)15-48-13-22(9-25(49)50)26-30(36)43-34(38)45-32(26)48/h10-11,21-22H,6-7,9,12-16H2,1-5H3,(H4-,38,39,43,44,45,46,49,50)/p+1. The molecule has 2 unspecified atom stereocenters. The smallest absolute Gasteiger partial charge is 0.405 e. The summed E-state index contributed by atoms with van der Waals surface area (Å²) in [5.74, 6) is 1.87. The molecule has 0 amide bonds. The normalized spacial score (nSPS) is 16.0. The highest BCUT2D eigenvalue weighted by atomic mass is 79.9. The van der Waals surface area contributed by atoms with Gasteiger partial charge in [-0.15, -0.1) is 0 Å². The minimum atomic E-state index is -0.899. The molecule has 2 aliphatic heterocycles. The molecule has 6 rings (SSSR count). The summed E-state index contributed by atoms with van der Waals surface area (Å²) < 4.78 is 12.3. The number of aliphatic carboxylic acids is 1. The Labute approximate surface area is 314 Å². The van der Waals surface area contributed by atoms with Gasteiger partial charge in [0.25, 0.3) is 6.07 Å². The van der Waals surface area contributed by atoms with Gasteiger partial charge in [-0.05, 0) is 54.9 Å². The van der Waals surface area contributed by atoms with Gasteiger partial charge < -0.3 is 35.8 Å². The molecule has 0 saturated heterocycles. The van der Waals surface area contributed by atoms with Crippen LogP contribution in [-0.2, 0) is 17.9 Å². The van der Waals surface area contributed by atoms with E-state index in [1.54, 1.807) is 13.3 Å². The number of rotatable bonds is 11. The first-order valence-corrected chi connectivity index (χ1v) is 17.9. The Hall–Kier alpha value is -5.01. The van der Waals surface area contributed by atoms with E-state index in [9.17, 15) is 9.90 Å². The van der Waals surface area contributed by atoms with Gasteiger partial charge in [0.15, 0.2) is 0 Å². The van der Waals surface area contributed by atoms with Crippen molar-refractivity contribution < 1.29 is 19.4 Å². The van der Waals surface area contributed by atoms with E-state index in [1.165, 1.54) is 0 Å². The number of fused-ring (bicyclic) bond motifs is 2. The van der Waals surface area contributed by atoms with Crippen LogP contribution in [0.4, 0.5) is 23.5 Å². The number of hydrogen-bond acceptors (Lipinski definition) is 13. The van der Waals surface area contributed by atoms with Crippen molar-refractivity contribution in [3.8, 4) is 17.6 Å². The molecule has 2 atom stereocenters. The Balaban J connectivity index is 1.11. The topological polar surface area (TPSA) is 196 Å². The largest absolute Gasteiger partial charge is 0.496 e. The van der Waals surface area contributed by atoms with Crippen molar-refractivity contribution in [2.75, 3.05) is 48.2 Å². The number of halogens is 2. The number of nitrogens with zero attached hydrogens (tertiary/aromatic N) is 9. The summed E-state index contributed by atoms with van der Waals surface area (Å²) in [4.78, 5) is 46.9. The van der Waals surface area contributed by atoms with Crippen LogP contribution in [0.25, 0.3) is 4.85 Å². The summed E-state index contributed by atoms with van der Waals surface area (Å²) in [6.45, 7) is 9.92. The zero-order chi connectivity index (χ0) is 37.3. The summed E-state index contributed by atoms with van der Waals surface area (Å²) in [5.41, 5.74) is 18.9. The second-order valence-corrected chi connectivity index (χ2v) is 14.1. The number of ether oxygens (including phenoxy) is 2. The molecule has 52 heavy (non-hydrogen) atoms. The molecule has 6 heterocycles. The van der Waals surface area contributed by atoms with Gasteiger partial charge in [0, 0.05) is 70.7 Å². The van der Waals surface area contributed by atoms with E-state index in [4.69, 9.17) is 32.5 Å². The molecular weight excluding hydrogens is 754 g/mol. The van der Waals surface area contributed by atoms with Crippen LogP contribution >= 0.6 is 27.5 Å². The third-order valence-corrected chi connectivity index (χ3v) is 10.4. The van der Waals surface area contributed by atoms with Gasteiger partial charge in [0.2, 0.25) is 11.9 Å². The van der Waals surface area contributed by atoms with E-state index in [1.807, 2.05) is 38.8 Å². The molecule has 0 radical (unpaired) electrons. The van der Waals surface area contributed by atoms with Gasteiger partial charge in [0.05, 0.1) is 44.4 Å². The fourth-order valence-corrected chi connectivity index (χ4v) is 8.06. The van der Waals surface area contributed by atoms with E-state index >= 15 is 0 Å². The number of aryl methyl sites for hydroxylation is 2. The van der Waals surface area contributed by atoms with Gasteiger partial charge in [-0.3, -0.25) is 14.8 Å². The molecule has 0 spiro atoms. The van der Waals surface area contributed by atoms with Crippen LogP contribution < -0.4 is 30.7 Å². The molecular formula is C35H40BrClN11O4+. The maximum Gasteiger partial charge on any atom is 0.405 e. The first-order chi connectivity index (χ1) is 24.9. The van der Waals surface area contributed by atoms with Crippen molar-refractivity contribution in [1.29, 1.82) is 0 Å². The fraction of sp³-hybridized carbons (Fsp3) is 0.429. The van der Waals surface area contributed by atoms with E-state index in [0.29, 0.717) is 66.2 Å². The van der Waals surface area contributed by atoms with Crippen molar-refractivity contribution in [3.63, 3.8) is 0 Å². The Morgan fingerprint density at radius 2 is 1.52 bits per heavy atom. The average molecular weight is 794 g/mol. The van der Waals surface area contributed by atoms with Crippen molar-refractivity contribution in [2.45, 2.75) is 71.9 Å². The fourth-order valence-electron chi connectivity index (χ4n) is 7.05. The Morgan fingerprint density at radius 1 is 0.942 bits per heavy atom. The molecule has 0 aliphatic carbocycles. The number of carbonyl (C=O) groups is 1. The Kier molecular flexibility index (Phi) is 10.8. The highest BCUT2D eigenvalue weighted by molar-refractivity contribution is 9.10. The minimum absolute atomic E-state index is 0.0404. The summed E-state index contributed by atoms with van der Waals surface area (Å²) in [6.07, 6.45) is 4.79. The highest BCUT2D eigenvalue weighted by Gasteiger charge is 2.36.